The molecular formula is C15H13ClN2OS. The summed E-state index contributed by atoms with van der Waals surface area (Å²) in [4.78, 5) is 11.9. The smallest absolute Gasteiger partial charge is 0.242 e. The van der Waals surface area contributed by atoms with Crippen LogP contribution in [0.4, 0.5) is 17.1 Å². The Morgan fingerprint density at radius 1 is 1.20 bits per heavy atom. The van der Waals surface area contributed by atoms with Crippen LogP contribution in [0.25, 0.3) is 0 Å². The Morgan fingerprint density at radius 2 is 1.95 bits per heavy atom. The molecule has 2 aromatic carbocycles. The third-order valence-electron chi connectivity index (χ3n) is 3.22. The minimum Gasteiger partial charge on any atom is -0.354 e. The number of para-hydroxylation sites is 1. The fraction of sp³-hybridized carbons (Fsp3) is 0.133. The third-order valence-corrected chi connectivity index (χ3v) is 4.42. The molecule has 0 aliphatic carbocycles. The summed E-state index contributed by atoms with van der Waals surface area (Å²) < 4.78 is 0. The SMILES string of the molecule is CSC1C(=O)Nc2c(Nc3ccc(Cl)cc3)cccc21. The van der Waals surface area contributed by atoms with Crippen LogP contribution in [0.1, 0.15) is 10.8 Å². The molecule has 5 heteroatoms. The van der Waals surface area contributed by atoms with E-state index in [0.29, 0.717) is 5.02 Å². The summed E-state index contributed by atoms with van der Waals surface area (Å²) in [6, 6.07) is 13.4. The molecule has 2 aromatic rings. The maximum absolute atomic E-state index is 11.9. The van der Waals surface area contributed by atoms with E-state index >= 15 is 0 Å². The minimum absolute atomic E-state index is 0.0397. The molecule has 0 bridgehead atoms. The van der Waals surface area contributed by atoms with E-state index < -0.39 is 0 Å². The highest BCUT2D eigenvalue weighted by molar-refractivity contribution is 7.99. The first-order chi connectivity index (χ1) is 9.69. The molecule has 1 unspecified atom stereocenters. The fourth-order valence-corrected chi connectivity index (χ4v) is 3.13. The van der Waals surface area contributed by atoms with Crippen LogP contribution in [0.3, 0.4) is 0 Å². The zero-order valence-electron chi connectivity index (χ0n) is 10.8. The predicted molar refractivity (Wildman–Crippen MR) is 86.1 cm³/mol. The Kier molecular flexibility index (Phi) is 3.59. The topological polar surface area (TPSA) is 41.1 Å². The molecule has 0 saturated carbocycles. The monoisotopic (exact) mass is 304 g/mol. The van der Waals surface area contributed by atoms with Gasteiger partial charge in [-0.25, -0.2) is 0 Å². The number of hydrogen-bond donors (Lipinski definition) is 2. The number of benzene rings is 2. The summed E-state index contributed by atoms with van der Waals surface area (Å²) in [5, 5.41) is 6.84. The summed E-state index contributed by atoms with van der Waals surface area (Å²) in [5.74, 6) is 0.0397. The molecule has 20 heavy (non-hydrogen) atoms. The van der Waals surface area contributed by atoms with E-state index in [4.69, 9.17) is 11.6 Å². The van der Waals surface area contributed by atoms with Crippen LogP contribution in [0.15, 0.2) is 42.5 Å². The van der Waals surface area contributed by atoms with Gasteiger partial charge >= 0.3 is 0 Å². The first-order valence-electron chi connectivity index (χ1n) is 6.18. The second-order valence-electron chi connectivity index (χ2n) is 4.51. The van der Waals surface area contributed by atoms with Crippen molar-refractivity contribution in [3.8, 4) is 0 Å². The van der Waals surface area contributed by atoms with Crippen LogP contribution in [0.2, 0.25) is 5.02 Å². The van der Waals surface area contributed by atoms with E-state index in [9.17, 15) is 4.79 Å². The van der Waals surface area contributed by atoms with Gasteiger partial charge in [-0.05, 0) is 36.6 Å². The van der Waals surface area contributed by atoms with Crippen LogP contribution in [0, 0.1) is 0 Å². The van der Waals surface area contributed by atoms with Gasteiger partial charge in [0.05, 0.1) is 11.4 Å². The van der Waals surface area contributed by atoms with Crippen molar-refractivity contribution in [1.29, 1.82) is 0 Å². The van der Waals surface area contributed by atoms with E-state index in [0.717, 1.165) is 22.6 Å². The number of carbonyl (C=O) groups is 1. The van der Waals surface area contributed by atoms with Gasteiger partial charge in [0, 0.05) is 16.3 Å². The molecule has 1 atom stereocenters. The Bertz CT molecular complexity index is 657. The van der Waals surface area contributed by atoms with Crippen LogP contribution < -0.4 is 10.6 Å². The highest BCUT2D eigenvalue weighted by Gasteiger charge is 2.31. The average Bonchev–Trinajstić information content (AvgIpc) is 2.78. The highest BCUT2D eigenvalue weighted by atomic mass is 35.5. The third kappa shape index (κ3) is 2.37. The minimum atomic E-state index is -0.128. The first kappa shape index (κ1) is 13.3. The van der Waals surface area contributed by atoms with Crippen LogP contribution in [-0.4, -0.2) is 12.2 Å². The molecule has 1 amide bonds. The lowest BCUT2D eigenvalue weighted by molar-refractivity contribution is -0.115. The van der Waals surface area contributed by atoms with E-state index in [1.807, 2.05) is 48.7 Å². The van der Waals surface area contributed by atoms with E-state index in [2.05, 4.69) is 10.6 Å². The lowest BCUT2D eigenvalue weighted by atomic mass is 10.1. The zero-order chi connectivity index (χ0) is 14.1. The van der Waals surface area contributed by atoms with Crippen molar-refractivity contribution in [3.05, 3.63) is 53.1 Å². The van der Waals surface area contributed by atoms with Crippen molar-refractivity contribution in [2.24, 2.45) is 0 Å². The number of amides is 1. The maximum Gasteiger partial charge on any atom is 0.242 e. The van der Waals surface area contributed by atoms with Gasteiger partial charge in [0.25, 0.3) is 0 Å². The van der Waals surface area contributed by atoms with Crippen molar-refractivity contribution < 1.29 is 4.79 Å². The number of halogens is 1. The van der Waals surface area contributed by atoms with Crippen LogP contribution in [-0.2, 0) is 4.79 Å². The molecule has 3 rings (SSSR count). The molecule has 0 fully saturated rings. The first-order valence-corrected chi connectivity index (χ1v) is 7.85. The number of thioether (sulfide) groups is 1. The lowest BCUT2D eigenvalue weighted by Gasteiger charge is -2.11. The summed E-state index contributed by atoms with van der Waals surface area (Å²) in [6.07, 6.45) is 1.94. The van der Waals surface area contributed by atoms with Crippen molar-refractivity contribution in [3.63, 3.8) is 0 Å². The van der Waals surface area contributed by atoms with Crippen LogP contribution >= 0.6 is 23.4 Å². The van der Waals surface area contributed by atoms with Crippen molar-refractivity contribution in [1.82, 2.24) is 0 Å². The van der Waals surface area contributed by atoms with Gasteiger partial charge in [-0.3, -0.25) is 4.79 Å². The summed E-state index contributed by atoms with van der Waals surface area (Å²) in [6.45, 7) is 0. The Balaban J connectivity index is 1.94. The van der Waals surface area contributed by atoms with Gasteiger partial charge in [0.1, 0.15) is 5.25 Å². The summed E-state index contributed by atoms with van der Waals surface area (Å²) >= 11 is 7.42. The molecule has 1 heterocycles. The summed E-state index contributed by atoms with van der Waals surface area (Å²) in [5.41, 5.74) is 3.73. The van der Waals surface area contributed by atoms with Crippen molar-refractivity contribution in [2.75, 3.05) is 16.9 Å². The number of nitrogens with one attached hydrogen (secondary N) is 2. The van der Waals surface area contributed by atoms with Gasteiger partial charge in [-0.2, -0.15) is 0 Å². The molecule has 0 spiro atoms. The van der Waals surface area contributed by atoms with Gasteiger partial charge in [0.15, 0.2) is 0 Å². The lowest BCUT2D eigenvalue weighted by Crippen LogP contribution is -2.08. The molecule has 0 radical (unpaired) electrons. The molecular weight excluding hydrogens is 292 g/mol. The van der Waals surface area contributed by atoms with Gasteiger partial charge in [-0.15, -0.1) is 11.8 Å². The van der Waals surface area contributed by atoms with E-state index in [1.54, 1.807) is 11.8 Å². The fourth-order valence-electron chi connectivity index (χ4n) is 2.29. The normalized spacial score (nSPS) is 16.7. The molecule has 3 nitrogen and oxygen atoms in total. The highest BCUT2D eigenvalue weighted by Crippen LogP contribution is 2.43. The quantitative estimate of drug-likeness (QED) is 0.881. The predicted octanol–water partition coefficient (Wildman–Crippen LogP) is 4.44. The van der Waals surface area contributed by atoms with E-state index in [1.165, 1.54) is 0 Å². The number of rotatable bonds is 3. The van der Waals surface area contributed by atoms with Crippen molar-refractivity contribution in [2.45, 2.75) is 5.25 Å². The molecule has 2 N–H and O–H groups in total. The molecule has 0 aromatic heterocycles. The molecule has 1 aliphatic heterocycles. The average molecular weight is 305 g/mol. The standard InChI is InChI=1S/C15H13ClN2OS/c1-20-14-11-3-2-4-12(13(11)18-15(14)19)17-10-7-5-9(16)6-8-10/h2-8,14,17H,1H3,(H,18,19). The number of hydrogen-bond acceptors (Lipinski definition) is 3. The van der Waals surface area contributed by atoms with Crippen molar-refractivity contribution >= 4 is 46.3 Å². The number of fused-ring (bicyclic) bond motifs is 1. The number of anilines is 3. The molecule has 102 valence electrons. The maximum atomic E-state index is 11.9. The summed E-state index contributed by atoms with van der Waals surface area (Å²) in [7, 11) is 0. The molecule has 1 aliphatic rings. The zero-order valence-corrected chi connectivity index (χ0v) is 12.4. The Hall–Kier alpha value is -1.65. The van der Waals surface area contributed by atoms with Gasteiger partial charge < -0.3 is 10.6 Å². The van der Waals surface area contributed by atoms with E-state index in [-0.39, 0.29) is 11.2 Å². The van der Waals surface area contributed by atoms with Gasteiger partial charge in [0.2, 0.25) is 5.91 Å². The Labute approximate surface area is 126 Å². The van der Waals surface area contributed by atoms with Gasteiger partial charge in [-0.1, -0.05) is 23.7 Å². The largest absolute Gasteiger partial charge is 0.354 e. The second-order valence-corrected chi connectivity index (χ2v) is 5.89. The Morgan fingerprint density at radius 3 is 2.65 bits per heavy atom. The van der Waals surface area contributed by atoms with Crippen LogP contribution in [0.5, 0.6) is 0 Å². The second kappa shape index (κ2) is 5.38. The number of carbonyl (C=O) groups excluding carboxylic acids is 1. The molecule has 0 saturated heterocycles.